The van der Waals surface area contributed by atoms with E-state index in [2.05, 4.69) is 32.6 Å². The van der Waals surface area contributed by atoms with Crippen molar-refractivity contribution in [3.05, 3.63) is 61.2 Å². The highest BCUT2D eigenvalue weighted by atomic mass is 15.0. The lowest BCUT2D eigenvalue weighted by molar-refractivity contribution is 1.21. The summed E-state index contributed by atoms with van der Waals surface area (Å²) in [7, 11) is 0. The van der Waals surface area contributed by atoms with Crippen LogP contribution in [0.2, 0.25) is 0 Å². The molecule has 0 fully saturated rings. The van der Waals surface area contributed by atoms with Crippen LogP contribution in [0, 0.1) is 0 Å². The summed E-state index contributed by atoms with van der Waals surface area (Å²) in [4.78, 5) is 13.6. The minimum Gasteiger partial charge on any atom is -0.295 e. The van der Waals surface area contributed by atoms with Crippen LogP contribution >= 0.6 is 0 Å². The third-order valence-electron chi connectivity index (χ3n) is 3.91. The number of nitrogens with zero attached hydrogens (tertiary/aromatic N) is 4. The van der Waals surface area contributed by atoms with E-state index in [-0.39, 0.29) is 0 Å². The topological polar surface area (TPSA) is 43.1 Å². The Morgan fingerprint density at radius 3 is 2.86 bits per heavy atom. The molecule has 0 aliphatic heterocycles. The zero-order valence-corrected chi connectivity index (χ0v) is 11.1. The number of fused-ring (bicyclic) bond motifs is 7. The second-order valence-corrected chi connectivity index (χ2v) is 5.10. The van der Waals surface area contributed by atoms with E-state index in [1.54, 1.807) is 0 Å². The molecule has 0 aliphatic carbocycles. The third kappa shape index (κ3) is 1.36. The number of aromatic nitrogens is 4. The van der Waals surface area contributed by atoms with Crippen molar-refractivity contribution in [1.29, 1.82) is 0 Å². The summed E-state index contributed by atoms with van der Waals surface area (Å²) < 4.78 is 2.06. The molecule has 0 atom stereocenters. The largest absolute Gasteiger partial charge is 0.295 e. The van der Waals surface area contributed by atoms with Gasteiger partial charge in [-0.2, -0.15) is 0 Å². The van der Waals surface area contributed by atoms with Gasteiger partial charge in [-0.15, -0.1) is 0 Å². The van der Waals surface area contributed by atoms with Crippen LogP contribution in [0.4, 0.5) is 0 Å². The van der Waals surface area contributed by atoms with Crippen LogP contribution in [-0.2, 0) is 0 Å². The Bertz CT molecular complexity index is 1140. The molecule has 21 heavy (non-hydrogen) atoms. The molecular weight excluding hydrogens is 260 g/mol. The number of benzene rings is 1. The number of pyridine rings is 3. The van der Waals surface area contributed by atoms with Crippen LogP contribution in [0.5, 0.6) is 0 Å². The lowest BCUT2D eigenvalue weighted by Gasteiger charge is -2.08. The third-order valence-corrected chi connectivity index (χ3v) is 3.91. The van der Waals surface area contributed by atoms with Crippen molar-refractivity contribution in [1.82, 2.24) is 19.4 Å². The minimum atomic E-state index is 0.935. The lowest BCUT2D eigenvalue weighted by Crippen LogP contribution is -1.93. The number of para-hydroxylation sites is 1. The summed E-state index contributed by atoms with van der Waals surface area (Å²) in [6.07, 6.45) is 5.48. The quantitative estimate of drug-likeness (QED) is 0.319. The van der Waals surface area contributed by atoms with Crippen molar-refractivity contribution < 1.29 is 0 Å². The van der Waals surface area contributed by atoms with Crippen LogP contribution < -0.4 is 0 Å². The zero-order valence-electron chi connectivity index (χ0n) is 11.1. The van der Waals surface area contributed by atoms with Crippen molar-refractivity contribution in [2.45, 2.75) is 0 Å². The number of hydrogen-bond acceptors (Lipinski definition) is 3. The van der Waals surface area contributed by atoms with E-state index < -0.39 is 0 Å². The molecule has 0 saturated carbocycles. The second-order valence-electron chi connectivity index (χ2n) is 5.10. The zero-order chi connectivity index (χ0) is 13.8. The van der Waals surface area contributed by atoms with Crippen molar-refractivity contribution in [3.8, 4) is 0 Å². The lowest BCUT2D eigenvalue weighted by atomic mass is 10.1. The van der Waals surface area contributed by atoms with Gasteiger partial charge in [-0.05, 0) is 24.3 Å². The molecule has 0 aliphatic rings. The summed E-state index contributed by atoms with van der Waals surface area (Å²) in [5.41, 5.74) is 4.96. The van der Waals surface area contributed by atoms with Crippen molar-refractivity contribution in [2.75, 3.05) is 0 Å². The van der Waals surface area contributed by atoms with Crippen LogP contribution in [0.3, 0.4) is 0 Å². The summed E-state index contributed by atoms with van der Waals surface area (Å²) in [5, 5.41) is 2.19. The van der Waals surface area contributed by atoms with Crippen molar-refractivity contribution >= 4 is 38.4 Å². The van der Waals surface area contributed by atoms with Gasteiger partial charge in [-0.25, -0.2) is 9.97 Å². The van der Waals surface area contributed by atoms with Gasteiger partial charge in [0.15, 0.2) is 0 Å². The number of rotatable bonds is 0. The van der Waals surface area contributed by atoms with Gasteiger partial charge in [0.25, 0.3) is 0 Å². The van der Waals surface area contributed by atoms with Crippen molar-refractivity contribution in [3.63, 3.8) is 0 Å². The highest BCUT2D eigenvalue weighted by Gasteiger charge is 2.11. The average molecular weight is 270 g/mol. The Kier molecular flexibility index (Phi) is 1.92. The van der Waals surface area contributed by atoms with Gasteiger partial charge < -0.3 is 0 Å². The smallest absolute Gasteiger partial charge is 0.0998 e. The SMILES string of the molecule is c1ccc2nc3c4cccnc4c4cncn4c3cc2c1. The standard InChI is InChI=1S/C17H10N4/c1-2-6-13-11(4-1)8-14-17(20-13)12-5-3-7-19-16(12)15-9-18-10-21(14)15/h1-10H. The molecule has 4 nitrogen and oxygen atoms in total. The maximum Gasteiger partial charge on any atom is 0.0998 e. The first-order valence-corrected chi connectivity index (χ1v) is 6.80. The van der Waals surface area contributed by atoms with E-state index >= 15 is 0 Å². The fraction of sp³-hybridized carbons (Fsp3) is 0. The van der Waals surface area contributed by atoms with Crippen LogP contribution in [-0.4, -0.2) is 19.4 Å². The molecule has 0 saturated heterocycles. The van der Waals surface area contributed by atoms with E-state index in [0.29, 0.717) is 0 Å². The monoisotopic (exact) mass is 270 g/mol. The van der Waals surface area contributed by atoms with Crippen LogP contribution in [0.1, 0.15) is 0 Å². The fourth-order valence-corrected chi connectivity index (χ4v) is 2.95. The summed E-state index contributed by atoms with van der Waals surface area (Å²) in [6, 6.07) is 14.3. The molecule has 0 amide bonds. The van der Waals surface area contributed by atoms with Gasteiger partial charge in [-0.1, -0.05) is 18.2 Å². The first-order valence-electron chi connectivity index (χ1n) is 6.80. The Balaban J connectivity index is 2.18. The molecule has 5 aromatic rings. The van der Waals surface area contributed by atoms with Gasteiger partial charge in [0.1, 0.15) is 0 Å². The average Bonchev–Trinajstić information content (AvgIpc) is 3.03. The van der Waals surface area contributed by atoms with Gasteiger partial charge >= 0.3 is 0 Å². The molecule has 0 N–H and O–H groups in total. The first-order chi connectivity index (χ1) is 10.4. The summed E-state index contributed by atoms with van der Waals surface area (Å²) >= 11 is 0. The predicted molar refractivity (Wildman–Crippen MR) is 83.3 cm³/mol. The highest BCUT2D eigenvalue weighted by Crippen LogP contribution is 2.28. The van der Waals surface area contributed by atoms with E-state index in [1.165, 1.54) is 0 Å². The normalized spacial score (nSPS) is 11.8. The van der Waals surface area contributed by atoms with Gasteiger partial charge in [0.2, 0.25) is 0 Å². The highest BCUT2D eigenvalue weighted by molar-refractivity contribution is 6.11. The van der Waals surface area contributed by atoms with Crippen molar-refractivity contribution in [2.24, 2.45) is 0 Å². The van der Waals surface area contributed by atoms with E-state index in [4.69, 9.17) is 4.98 Å². The molecule has 0 bridgehead atoms. The summed E-state index contributed by atoms with van der Waals surface area (Å²) in [6.45, 7) is 0. The van der Waals surface area contributed by atoms with Crippen LogP contribution in [0.15, 0.2) is 61.2 Å². The molecule has 4 heteroatoms. The maximum atomic E-state index is 4.85. The van der Waals surface area contributed by atoms with Gasteiger partial charge in [0.05, 0.1) is 40.1 Å². The molecule has 5 rings (SSSR count). The molecule has 0 spiro atoms. The second kappa shape index (κ2) is 3.76. The molecule has 1 aromatic carbocycles. The Hall–Kier alpha value is -3.01. The van der Waals surface area contributed by atoms with E-state index in [0.717, 1.165) is 38.4 Å². The fourth-order valence-electron chi connectivity index (χ4n) is 2.95. The number of imidazole rings is 1. The van der Waals surface area contributed by atoms with Gasteiger partial charge in [-0.3, -0.25) is 9.38 Å². The Labute approximate surface area is 119 Å². The number of hydrogen-bond donors (Lipinski definition) is 0. The van der Waals surface area contributed by atoms with E-state index in [9.17, 15) is 0 Å². The molecular formula is C17H10N4. The molecule has 0 radical (unpaired) electrons. The summed E-state index contributed by atoms with van der Waals surface area (Å²) in [5.74, 6) is 0. The Morgan fingerprint density at radius 1 is 0.905 bits per heavy atom. The van der Waals surface area contributed by atoms with Gasteiger partial charge in [0, 0.05) is 17.0 Å². The van der Waals surface area contributed by atoms with Crippen LogP contribution in [0.25, 0.3) is 38.4 Å². The molecule has 4 aromatic heterocycles. The minimum absolute atomic E-state index is 0.935. The molecule has 98 valence electrons. The molecule has 0 unspecified atom stereocenters. The molecule has 4 heterocycles. The van der Waals surface area contributed by atoms with E-state index in [1.807, 2.05) is 43.0 Å². The first kappa shape index (κ1) is 10.7. The predicted octanol–water partition coefficient (Wildman–Crippen LogP) is 3.58. The Morgan fingerprint density at radius 2 is 1.86 bits per heavy atom. The maximum absolute atomic E-state index is 4.85.